The van der Waals surface area contributed by atoms with E-state index in [4.69, 9.17) is 31.2 Å². The summed E-state index contributed by atoms with van der Waals surface area (Å²) in [5.74, 6) is 2.51. The monoisotopic (exact) mass is 498 g/mol. The first-order valence-electron chi connectivity index (χ1n) is 11.5. The summed E-state index contributed by atoms with van der Waals surface area (Å²) in [6, 6.07) is 25.3. The minimum atomic E-state index is -0.300. The number of para-hydroxylation sites is 1. The first-order valence-corrected chi connectivity index (χ1v) is 11.9. The van der Waals surface area contributed by atoms with Crippen molar-refractivity contribution in [2.75, 3.05) is 14.2 Å². The van der Waals surface area contributed by atoms with Crippen LogP contribution in [0.2, 0.25) is 0 Å². The zero-order chi connectivity index (χ0) is 25.1. The van der Waals surface area contributed by atoms with Crippen LogP contribution in [0, 0.1) is 0 Å². The van der Waals surface area contributed by atoms with E-state index in [2.05, 4.69) is 10.5 Å². The topological polar surface area (TPSA) is 72.7 Å². The SMILES string of the molecule is COc1cccc(C2NC(=S)N(Cc3ccccc3OC)C(C)=C2c2nc(-c3ccccc3)no2)c1. The predicted octanol–water partition coefficient (Wildman–Crippen LogP) is 5.62. The molecule has 1 aliphatic rings. The molecule has 1 unspecified atom stereocenters. The Kier molecular flexibility index (Phi) is 6.69. The Morgan fingerprint density at radius 1 is 0.972 bits per heavy atom. The Morgan fingerprint density at radius 2 is 1.75 bits per heavy atom. The average molecular weight is 499 g/mol. The maximum atomic E-state index is 5.85. The molecule has 1 N–H and O–H groups in total. The average Bonchev–Trinajstić information content (AvgIpc) is 3.41. The highest BCUT2D eigenvalue weighted by Gasteiger charge is 2.34. The first-order chi connectivity index (χ1) is 17.6. The first kappa shape index (κ1) is 23.6. The van der Waals surface area contributed by atoms with Gasteiger partial charge in [0.1, 0.15) is 11.5 Å². The summed E-state index contributed by atoms with van der Waals surface area (Å²) in [4.78, 5) is 6.80. The molecular formula is C28H26N4O3S. The molecule has 0 fully saturated rings. The van der Waals surface area contributed by atoms with Crippen molar-refractivity contribution in [1.29, 1.82) is 0 Å². The molecule has 0 amide bonds. The third-order valence-corrected chi connectivity index (χ3v) is 6.57. The Balaban J connectivity index is 1.61. The van der Waals surface area contributed by atoms with Crippen LogP contribution >= 0.6 is 12.2 Å². The minimum Gasteiger partial charge on any atom is -0.497 e. The molecular weight excluding hydrogens is 472 g/mol. The Morgan fingerprint density at radius 3 is 2.53 bits per heavy atom. The van der Waals surface area contributed by atoms with Crippen molar-refractivity contribution in [2.45, 2.75) is 19.5 Å². The smallest absolute Gasteiger partial charge is 0.258 e. The van der Waals surface area contributed by atoms with Gasteiger partial charge in [0.25, 0.3) is 5.89 Å². The van der Waals surface area contributed by atoms with Gasteiger partial charge in [-0.3, -0.25) is 0 Å². The number of hydrogen-bond donors (Lipinski definition) is 1. The zero-order valence-corrected chi connectivity index (χ0v) is 21.1. The number of methoxy groups -OCH3 is 2. The van der Waals surface area contributed by atoms with Gasteiger partial charge in [-0.1, -0.05) is 65.8 Å². The van der Waals surface area contributed by atoms with Crippen molar-refractivity contribution >= 4 is 22.9 Å². The van der Waals surface area contributed by atoms with Crippen LogP contribution in [-0.4, -0.2) is 34.4 Å². The van der Waals surface area contributed by atoms with Gasteiger partial charge in [0.15, 0.2) is 5.11 Å². The summed E-state index contributed by atoms with van der Waals surface area (Å²) in [6.45, 7) is 2.55. The molecule has 4 aromatic rings. The molecule has 0 radical (unpaired) electrons. The molecule has 0 aliphatic carbocycles. The quantitative estimate of drug-likeness (QED) is 0.329. The molecule has 8 heteroatoms. The lowest BCUT2D eigenvalue weighted by molar-refractivity contribution is 0.387. The van der Waals surface area contributed by atoms with Crippen LogP contribution in [-0.2, 0) is 6.54 Å². The van der Waals surface area contributed by atoms with E-state index in [1.165, 1.54) is 0 Å². The van der Waals surface area contributed by atoms with E-state index in [1.807, 2.05) is 90.7 Å². The van der Waals surface area contributed by atoms with Gasteiger partial charge in [0, 0.05) is 16.8 Å². The molecule has 3 aromatic carbocycles. The van der Waals surface area contributed by atoms with Crippen LogP contribution in [0.15, 0.2) is 89.1 Å². The van der Waals surface area contributed by atoms with Crippen molar-refractivity contribution in [2.24, 2.45) is 0 Å². The van der Waals surface area contributed by atoms with Gasteiger partial charge in [0.05, 0.1) is 32.4 Å². The second-order valence-electron chi connectivity index (χ2n) is 8.35. The number of aromatic nitrogens is 2. The van der Waals surface area contributed by atoms with Gasteiger partial charge < -0.3 is 24.2 Å². The van der Waals surface area contributed by atoms with Crippen molar-refractivity contribution in [3.63, 3.8) is 0 Å². The van der Waals surface area contributed by atoms with Gasteiger partial charge in [-0.05, 0) is 42.9 Å². The standard InChI is InChI=1S/C28H26N4O3S/c1-18-24(27-30-26(31-35-27)19-10-5-4-6-11-19)25(20-13-9-14-22(16-20)33-2)29-28(36)32(18)17-21-12-7-8-15-23(21)34-3/h4-16,25H,17H2,1-3H3,(H,29,36). The number of thiocarbonyl (C=S) groups is 1. The summed E-state index contributed by atoms with van der Waals surface area (Å²) in [5, 5.41) is 8.36. The molecule has 36 heavy (non-hydrogen) atoms. The van der Waals surface area contributed by atoms with Crippen molar-refractivity contribution < 1.29 is 14.0 Å². The molecule has 7 nitrogen and oxygen atoms in total. The number of allylic oxidation sites excluding steroid dienone is 1. The van der Waals surface area contributed by atoms with E-state index in [-0.39, 0.29) is 6.04 Å². The summed E-state index contributed by atoms with van der Waals surface area (Å²) in [5.41, 5.74) is 4.64. The molecule has 0 bridgehead atoms. The van der Waals surface area contributed by atoms with E-state index in [0.29, 0.717) is 23.4 Å². The molecule has 0 saturated carbocycles. The van der Waals surface area contributed by atoms with Gasteiger partial charge in [-0.25, -0.2) is 0 Å². The highest BCUT2D eigenvalue weighted by molar-refractivity contribution is 7.80. The molecule has 1 aromatic heterocycles. The van der Waals surface area contributed by atoms with Crippen molar-refractivity contribution in [3.05, 3.63) is 102 Å². The third kappa shape index (κ3) is 4.55. The van der Waals surface area contributed by atoms with Gasteiger partial charge in [-0.15, -0.1) is 0 Å². The molecule has 0 saturated heterocycles. The lowest BCUT2D eigenvalue weighted by Gasteiger charge is -2.37. The van der Waals surface area contributed by atoms with Crippen LogP contribution in [0.4, 0.5) is 0 Å². The number of nitrogens with one attached hydrogen (secondary N) is 1. The lowest BCUT2D eigenvalue weighted by Crippen LogP contribution is -2.45. The van der Waals surface area contributed by atoms with Gasteiger partial charge >= 0.3 is 0 Å². The number of rotatable bonds is 7. The highest BCUT2D eigenvalue weighted by Crippen LogP contribution is 2.39. The molecule has 1 aliphatic heterocycles. The number of hydrogen-bond acceptors (Lipinski definition) is 6. The minimum absolute atomic E-state index is 0.300. The fourth-order valence-corrected chi connectivity index (χ4v) is 4.68. The van der Waals surface area contributed by atoms with Crippen LogP contribution in [0.5, 0.6) is 11.5 Å². The number of benzene rings is 3. The third-order valence-electron chi connectivity index (χ3n) is 6.23. The molecule has 2 heterocycles. The Labute approximate surface area is 215 Å². The Bertz CT molecular complexity index is 1420. The van der Waals surface area contributed by atoms with Crippen LogP contribution in [0.25, 0.3) is 17.0 Å². The number of ether oxygens (including phenoxy) is 2. The fourth-order valence-electron chi connectivity index (χ4n) is 4.36. The summed E-state index contributed by atoms with van der Waals surface area (Å²) < 4.78 is 16.9. The van der Waals surface area contributed by atoms with Crippen molar-refractivity contribution in [1.82, 2.24) is 20.4 Å². The highest BCUT2D eigenvalue weighted by atomic mass is 32.1. The van der Waals surface area contributed by atoms with E-state index in [9.17, 15) is 0 Å². The molecule has 5 rings (SSSR count). The molecule has 182 valence electrons. The zero-order valence-electron chi connectivity index (χ0n) is 20.3. The fraction of sp³-hybridized carbons (Fsp3) is 0.179. The lowest BCUT2D eigenvalue weighted by atomic mass is 9.94. The van der Waals surface area contributed by atoms with E-state index in [1.54, 1.807) is 14.2 Å². The summed E-state index contributed by atoms with van der Waals surface area (Å²) >= 11 is 5.85. The van der Waals surface area contributed by atoms with E-state index < -0.39 is 0 Å². The van der Waals surface area contributed by atoms with Crippen LogP contribution in [0.3, 0.4) is 0 Å². The second kappa shape index (κ2) is 10.2. The summed E-state index contributed by atoms with van der Waals surface area (Å²) in [6.07, 6.45) is 0. The Hall–Kier alpha value is -4.17. The van der Waals surface area contributed by atoms with Crippen LogP contribution in [0.1, 0.15) is 30.0 Å². The maximum absolute atomic E-state index is 5.85. The molecule has 1 atom stereocenters. The van der Waals surface area contributed by atoms with Crippen LogP contribution < -0.4 is 14.8 Å². The second-order valence-corrected chi connectivity index (χ2v) is 8.73. The van der Waals surface area contributed by atoms with Gasteiger partial charge in [0.2, 0.25) is 5.82 Å². The normalized spacial score (nSPS) is 15.6. The summed E-state index contributed by atoms with van der Waals surface area (Å²) in [7, 11) is 3.32. The molecule has 0 spiro atoms. The largest absolute Gasteiger partial charge is 0.497 e. The maximum Gasteiger partial charge on any atom is 0.258 e. The van der Waals surface area contributed by atoms with Gasteiger partial charge in [-0.2, -0.15) is 4.98 Å². The predicted molar refractivity (Wildman–Crippen MR) is 142 cm³/mol. The number of nitrogens with zero attached hydrogens (tertiary/aromatic N) is 3. The van der Waals surface area contributed by atoms with E-state index >= 15 is 0 Å². The van der Waals surface area contributed by atoms with E-state index in [0.717, 1.165) is 39.5 Å². The van der Waals surface area contributed by atoms with Crippen molar-refractivity contribution in [3.8, 4) is 22.9 Å².